The van der Waals surface area contributed by atoms with Crippen molar-refractivity contribution in [2.75, 3.05) is 13.1 Å². The van der Waals surface area contributed by atoms with Crippen molar-refractivity contribution in [3.63, 3.8) is 0 Å². The van der Waals surface area contributed by atoms with Gasteiger partial charge in [0.25, 0.3) is 0 Å². The van der Waals surface area contributed by atoms with Gasteiger partial charge in [-0.3, -0.25) is 0 Å². The molecule has 4 nitrogen and oxygen atoms in total. The van der Waals surface area contributed by atoms with Crippen molar-refractivity contribution < 1.29 is 13.2 Å². The van der Waals surface area contributed by atoms with Crippen LogP contribution in [0.1, 0.15) is 19.4 Å². The summed E-state index contributed by atoms with van der Waals surface area (Å²) in [5, 5.41) is 0. The van der Waals surface area contributed by atoms with Crippen LogP contribution >= 0.6 is 0 Å². The third-order valence-electron chi connectivity index (χ3n) is 3.01. The summed E-state index contributed by atoms with van der Waals surface area (Å²) in [5.41, 5.74) is 0.949. The third-order valence-corrected chi connectivity index (χ3v) is 4.84. The zero-order chi connectivity index (χ0) is 13.3. The highest BCUT2D eigenvalue weighted by Gasteiger charge is 2.32. The molecule has 0 bridgehead atoms. The maximum atomic E-state index is 12.5. The lowest BCUT2D eigenvalue weighted by atomic mass is 10.2. The molecule has 100 valence electrons. The fraction of sp³-hybridized carbons (Fsp3) is 0.538. The van der Waals surface area contributed by atoms with Crippen LogP contribution in [0, 0.1) is 6.92 Å². The molecule has 2 atom stereocenters. The van der Waals surface area contributed by atoms with Crippen molar-refractivity contribution in [3.05, 3.63) is 29.8 Å². The molecule has 0 spiro atoms. The monoisotopic (exact) mass is 269 g/mol. The molecule has 5 heteroatoms. The van der Waals surface area contributed by atoms with E-state index in [1.807, 2.05) is 26.8 Å². The lowest BCUT2D eigenvalue weighted by molar-refractivity contribution is -0.0440. The van der Waals surface area contributed by atoms with Crippen LogP contribution in [-0.4, -0.2) is 38.0 Å². The largest absolute Gasteiger partial charge is 0.373 e. The standard InChI is InChI=1S/C13H19NO3S/c1-10-5-4-6-13(7-10)18(15,16)14-8-11(2)17-12(3)9-14/h4-7,11-12H,8-9H2,1-3H3/t11-,12+. The Balaban J connectivity index is 2.31. The number of nitrogens with zero attached hydrogens (tertiary/aromatic N) is 1. The molecule has 1 aliphatic heterocycles. The second-order valence-corrected chi connectivity index (χ2v) is 6.83. The summed E-state index contributed by atoms with van der Waals surface area (Å²) >= 11 is 0. The predicted molar refractivity (Wildman–Crippen MR) is 69.9 cm³/mol. The Morgan fingerprint density at radius 1 is 1.22 bits per heavy atom. The Labute approximate surface area is 109 Å². The van der Waals surface area contributed by atoms with E-state index in [2.05, 4.69) is 0 Å². The van der Waals surface area contributed by atoms with Crippen LogP contribution in [0.4, 0.5) is 0 Å². The van der Waals surface area contributed by atoms with Crippen LogP contribution in [0.3, 0.4) is 0 Å². The van der Waals surface area contributed by atoms with Crippen molar-refractivity contribution in [3.8, 4) is 0 Å². The summed E-state index contributed by atoms with van der Waals surface area (Å²) in [6.07, 6.45) is -0.123. The molecule has 0 radical (unpaired) electrons. The smallest absolute Gasteiger partial charge is 0.243 e. The molecule has 0 N–H and O–H groups in total. The number of hydrogen-bond donors (Lipinski definition) is 0. The van der Waals surface area contributed by atoms with E-state index in [4.69, 9.17) is 4.74 Å². The minimum absolute atomic E-state index is 0.0617. The first-order valence-corrected chi connectivity index (χ1v) is 7.56. The van der Waals surface area contributed by atoms with Gasteiger partial charge in [-0.25, -0.2) is 8.42 Å². The van der Waals surface area contributed by atoms with Gasteiger partial charge in [-0.2, -0.15) is 4.31 Å². The number of rotatable bonds is 2. The van der Waals surface area contributed by atoms with Crippen LogP contribution < -0.4 is 0 Å². The summed E-state index contributed by atoms with van der Waals surface area (Å²) in [5.74, 6) is 0. The number of aryl methyl sites for hydroxylation is 1. The highest BCUT2D eigenvalue weighted by Crippen LogP contribution is 2.21. The van der Waals surface area contributed by atoms with Crippen molar-refractivity contribution >= 4 is 10.0 Å². The van der Waals surface area contributed by atoms with Gasteiger partial charge in [-0.1, -0.05) is 12.1 Å². The number of hydrogen-bond acceptors (Lipinski definition) is 3. The molecule has 18 heavy (non-hydrogen) atoms. The second kappa shape index (κ2) is 4.99. The maximum absolute atomic E-state index is 12.5. The molecule has 0 saturated carbocycles. The van der Waals surface area contributed by atoms with Crippen LogP contribution in [-0.2, 0) is 14.8 Å². The molecule has 1 fully saturated rings. The maximum Gasteiger partial charge on any atom is 0.243 e. The van der Waals surface area contributed by atoms with Crippen LogP contribution in [0.15, 0.2) is 29.2 Å². The molecule has 1 aromatic carbocycles. The van der Waals surface area contributed by atoms with E-state index in [0.29, 0.717) is 18.0 Å². The highest BCUT2D eigenvalue weighted by atomic mass is 32.2. The van der Waals surface area contributed by atoms with Gasteiger partial charge in [0, 0.05) is 13.1 Å². The normalized spacial score (nSPS) is 26.2. The fourth-order valence-electron chi connectivity index (χ4n) is 2.25. The predicted octanol–water partition coefficient (Wildman–Crippen LogP) is 1.79. The summed E-state index contributed by atoms with van der Waals surface area (Å²) < 4.78 is 32.1. The first-order chi connectivity index (χ1) is 8.39. The van der Waals surface area contributed by atoms with Gasteiger partial charge in [0.2, 0.25) is 10.0 Å². The van der Waals surface area contributed by atoms with E-state index in [1.165, 1.54) is 4.31 Å². The number of ether oxygens (including phenoxy) is 1. The average molecular weight is 269 g/mol. The minimum Gasteiger partial charge on any atom is -0.373 e. The summed E-state index contributed by atoms with van der Waals surface area (Å²) in [6, 6.07) is 7.02. The van der Waals surface area contributed by atoms with E-state index in [9.17, 15) is 8.42 Å². The van der Waals surface area contributed by atoms with E-state index < -0.39 is 10.0 Å². The Hall–Kier alpha value is -0.910. The Morgan fingerprint density at radius 2 is 1.83 bits per heavy atom. The SMILES string of the molecule is Cc1cccc(S(=O)(=O)N2C[C@@H](C)O[C@@H](C)C2)c1. The van der Waals surface area contributed by atoms with Gasteiger partial charge >= 0.3 is 0 Å². The molecule has 0 amide bonds. The van der Waals surface area contributed by atoms with Crippen molar-refractivity contribution in [1.82, 2.24) is 4.31 Å². The molecule has 0 unspecified atom stereocenters. The van der Waals surface area contributed by atoms with Gasteiger partial charge < -0.3 is 4.74 Å². The van der Waals surface area contributed by atoms with E-state index >= 15 is 0 Å². The van der Waals surface area contributed by atoms with Crippen molar-refractivity contribution in [2.24, 2.45) is 0 Å². The summed E-state index contributed by atoms with van der Waals surface area (Å²) in [4.78, 5) is 0.365. The topological polar surface area (TPSA) is 46.6 Å². The first-order valence-electron chi connectivity index (χ1n) is 6.12. The van der Waals surface area contributed by atoms with Crippen LogP contribution in [0.25, 0.3) is 0 Å². The number of benzene rings is 1. The molecule has 1 saturated heterocycles. The van der Waals surface area contributed by atoms with Gasteiger partial charge in [0.1, 0.15) is 0 Å². The molecule has 1 aliphatic rings. The third kappa shape index (κ3) is 2.74. The lowest BCUT2D eigenvalue weighted by Crippen LogP contribution is -2.48. The molecule has 1 aromatic rings. The lowest BCUT2D eigenvalue weighted by Gasteiger charge is -2.34. The average Bonchev–Trinajstić information content (AvgIpc) is 2.27. The van der Waals surface area contributed by atoms with Gasteiger partial charge in [-0.15, -0.1) is 0 Å². The van der Waals surface area contributed by atoms with Gasteiger partial charge in [-0.05, 0) is 38.5 Å². The summed E-state index contributed by atoms with van der Waals surface area (Å²) in [7, 11) is -3.40. The van der Waals surface area contributed by atoms with E-state index in [1.54, 1.807) is 18.2 Å². The zero-order valence-corrected chi connectivity index (χ0v) is 11.8. The fourth-order valence-corrected chi connectivity index (χ4v) is 3.95. The van der Waals surface area contributed by atoms with Crippen molar-refractivity contribution in [1.29, 1.82) is 0 Å². The Kier molecular flexibility index (Phi) is 3.75. The Morgan fingerprint density at radius 3 is 2.39 bits per heavy atom. The van der Waals surface area contributed by atoms with E-state index in [-0.39, 0.29) is 12.2 Å². The molecule has 2 rings (SSSR count). The minimum atomic E-state index is -3.40. The zero-order valence-electron chi connectivity index (χ0n) is 11.0. The quantitative estimate of drug-likeness (QED) is 0.822. The Bertz CT molecular complexity index is 517. The van der Waals surface area contributed by atoms with Crippen LogP contribution in [0.5, 0.6) is 0 Å². The highest BCUT2D eigenvalue weighted by molar-refractivity contribution is 7.89. The first kappa shape index (κ1) is 13.5. The molecule has 0 aromatic heterocycles. The number of morpholine rings is 1. The molecule has 0 aliphatic carbocycles. The van der Waals surface area contributed by atoms with Crippen molar-refractivity contribution in [2.45, 2.75) is 37.9 Å². The van der Waals surface area contributed by atoms with Gasteiger partial charge in [0.05, 0.1) is 17.1 Å². The van der Waals surface area contributed by atoms with Gasteiger partial charge in [0.15, 0.2) is 0 Å². The molecule has 1 heterocycles. The molecular weight excluding hydrogens is 250 g/mol. The molecular formula is C13H19NO3S. The van der Waals surface area contributed by atoms with Crippen LogP contribution in [0.2, 0.25) is 0 Å². The summed E-state index contributed by atoms with van der Waals surface area (Å²) in [6.45, 7) is 6.52. The van der Waals surface area contributed by atoms with E-state index in [0.717, 1.165) is 5.56 Å². The number of sulfonamides is 1. The second-order valence-electron chi connectivity index (χ2n) is 4.90.